The van der Waals surface area contributed by atoms with Crippen LogP contribution in [0.5, 0.6) is 0 Å². The van der Waals surface area contributed by atoms with Crippen LogP contribution in [0.25, 0.3) is 0 Å². The van der Waals surface area contributed by atoms with Crippen molar-refractivity contribution in [2.45, 2.75) is 70.1 Å². The lowest BCUT2D eigenvalue weighted by molar-refractivity contribution is -0.158. The largest absolute Gasteiger partial charge is 0.391 e. The van der Waals surface area contributed by atoms with Crippen LogP contribution in [0.3, 0.4) is 0 Å². The molecule has 3 aliphatic heterocycles. The Bertz CT molecular complexity index is 691. The Balaban J connectivity index is 1.58. The van der Waals surface area contributed by atoms with Crippen LogP contribution < -0.4 is 0 Å². The summed E-state index contributed by atoms with van der Waals surface area (Å²) >= 11 is 0. The highest BCUT2D eigenvalue weighted by Crippen LogP contribution is 2.39. The van der Waals surface area contributed by atoms with Gasteiger partial charge in [-0.3, -0.25) is 14.5 Å². The average Bonchev–Trinajstić information content (AvgIpc) is 2.97. The minimum absolute atomic E-state index is 0.131. The van der Waals surface area contributed by atoms with Crippen molar-refractivity contribution in [3.63, 3.8) is 0 Å². The van der Waals surface area contributed by atoms with E-state index in [9.17, 15) is 14.7 Å². The first-order valence-corrected chi connectivity index (χ1v) is 11.3. The van der Waals surface area contributed by atoms with Crippen molar-refractivity contribution in [3.8, 4) is 0 Å². The second-order valence-electron chi connectivity index (χ2n) is 9.42. The molecule has 6 heteroatoms. The summed E-state index contributed by atoms with van der Waals surface area (Å²) in [6.07, 6.45) is 10.8. The molecule has 6 nitrogen and oxygen atoms in total. The highest BCUT2D eigenvalue weighted by atomic mass is 16.3. The number of carbonyl (C=O) groups excluding carboxylic acids is 2. The number of likely N-dealkylation sites (tertiary alicyclic amines) is 1. The highest BCUT2D eigenvalue weighted by Gasteiger charge is 2.54. The zero-order valence-electron chi connectivity index (χ0n) is 17.8. The lowest BCUT2D eigenvalue weighted by Crippen LogP contribution is -2.63. The summed E-state index contributed by atoms with van der Waals surface area (Å²) in [4.78, 5) is 26.8. The van der Waals surface area contributed by atoms with E-state index in [0.717, 1.165) is 51.6 Å². The van der Waals surface area contributed by atoms with Gasteiger partial charge in [-0.1, -0.05) is 30.7 Å². The van der Waals surface area contributed by atoms with Gasteiger partial charge in [0.15, 0.2) is 0 Å². The average molecular weight is 402 g/mol. The Hall–Kier alpha value is -1.50. The molecule has 1 saturated carbocycles. The van der Waals surface area contributed by atoms with Crippen LogP contribution in [0.4, 0.5) is 0 Å². The Labute approximate surface area is 174 Å². The van der Waals surface area contributed by atoms with E-state index in [0.29, 0.717) is 5.92 Å². The Morgan fingerprint density at radius 1 is 1.07 bits per heavy atom. The smallest absolute Gasteiger partial charge is 0.248 e. The van der Waals surface area contributed by atoms with Gasteiger partial charge < -0.3 is 5.11 Å². The van der Waals surface area contributed by atoms with E-state index in [1.165, 1.54) is 16.9 Å². The molecule has 160 valence electrons. The van der Waals surface area contributed by atoms with Gasteiger partial charge in [0.2, 0.25) is 11.8 Å². The fraction of sp³-hybridized carbons (Fsp3) is 0.739. The van der Waals surface area contributed by atoms with Crippen LogP contribution in [-0.2, 0) is 9.59 Å². The Kier molecular flexibility index (Phi) is 5.96. The number of fused-ring (bicyclic) bond motifs is 1. The van der Waals surface area contributed by atoms with E-state index < -0.39 is 18.1 Å². The second-order valence-corrected chi connectivity index (χ2v) is 9.42. The van der Waals surface area contributed by atoms with Crippen molar-refractivity contribution in [2.24, 2.45) is 17.8 Å². The summed E-state index contributed by atoms with van der Waals surface area (Å²) in [6.45, 7) is 7.97. The summed E-state index contributed by atoms with van der Waals surface area (Å²) < 4.78 is 0. The van der Waals surface area contributed by atoms with Crippen molar-refractivity contribution < 1.29 is 14.7 Å². The minimum Gasteiger partial charge on any atom is -0.391 e. The highest BCUT2D eigenvalue weighted by molar-refractivity contribution is 6.07. The maximum atomic E-state index is 13.0. The van der Waals surface area contributed by atoms with Crippen LogP contribution in [0.15, 0.2) is 24.3 Å². The van der Waals surface area contributed by atoms with Gasteiger partial charge in [0.25, 0.3) is 0 Å². The first kappa shape index (κ1) is 20.8. The van der Waals surface area contributed by atoms with Gasteiger partial charge in [-0.25, -0.2) is 10.0 Å². The molecule has 0 bridgehead atoms. The third-order valence-electron chi connectivity index (χ3n) is 7.61. The number of piperidine rings is 1. The van der Waals surface area contributed by atoms with E-state index in [1.807, 2.05) is 12.2 Å². The van der Waals surface area contributed by atoms with Crippen molar-refractivity contribution in [2.75, 3.05) is 20.1 Å². The number of aliphatic hydroxyl groups excluding tert-OH is 1. The van der Waals surface area contributed by atoms with Gasteiger partial charge in [0, 0.05) is 20.1 Å². The van der Waals surface area contributed by atoms with E-state index in [1.54, 1.807) is 7.05 Å². The van der Waals surface area contributed by atoms with Gasteiger partial charge in [-0.15, -0.1) is 0 Å². The van der Waals surface area contributed by atoms with Crippen LogP contribution in [-0.4, -0.2) is 70.2 Å². The summed E-state index contributed by atoms with van der Waals surface area (Å²) in [5.41, 5.74) is 1.24. The van der Waals surface area contributed by atoms with E-state index >= 15 is 0 Å². The van der Waals surface area contributed by atoms with Crippen molar-refractivity contribution in [3.05, 3.63) is 24.3 Å². The molecule has 0 aromatic rings. The number of hydrogen-bond donors (Lipinski definition) is 1. The maximum absolute atomic E-state index is 13.0. The van der Waals surface area contributed by atoms with E-state index in [2.05, 4.69) is 23.5 Å². The number of imide groups is 1. The molecule has 0 spiro atoms. The Morgan fingerprint density at radius 2 is 1.72 bits per heavy atom. The Morgan fingerprint density at radius 3 is 2.34 bits per heavy atom. The zero-order chi connectivity index (χ0) is 20.7. The van der Waals surface area contributed by atoms with Crippen LogP contribution in [0, 0.1) is 17.8 Å². The van der Waals surface area contributed by atoms with Crippen molar-refractivity contribution >= 4 is 11.8 Å². The summed E-state index contributed by atoms with van der Waals surface area (Å²) in [6, 6.07) is -0.758. The number of aliphatic hydroxyl groups is 1. The number of rotatable bonds is 4. The number of amides is 2. The first-order chi connectivity index (χ1) is 13.9. The predicted octanol–water partition coefficient (Wildman–Crippen LogP) is 2.35. The predicted molar refractivity (Wildman–Crippen MR) is 112 cm³/mol. The SMILES string of the molecule is C=C(C)C1CCC(C(O)C2C=CC3C(=O)N(C)C(=O)C3N2N2CCCCC2)CC1. The lowest BCUT2D eigenvalue weighted by atomic mass is 9.75. The molecular formula is C23H35N3O3. The van der Waals surface area contributed by atoms with Gasteiger partial charge in [0.05, 0.1) is 18.1 Å². The standard InChI is InChI=1S/C23H35N3O3/c1-15(2)16-7-9-17(10-8-16)21(27)19-12-11-18-20(23(29)24(3)22(18)28)26(19)25-13-5-4-6-14-25/h11-12,16-21,27H,1,4-10,13-14H2,2-3H3. The van der Waals surface area contributed by atoms with Crippen molar-refractivity contribution in [1.29, 1.82) is 0 Å². The number of nitrogens with zero attached hydrogens (tertiary/aromatic N) is 3. The van der Waals surface area contributed by atoms with Gasteiger partial charge in [0.1, 0.15) is 6.04 Å². The number of hydrogen-bond acceptors (Lipinski definition) is 5. The molecule has 4 atom stereocenters. The number of hydrazine groups is 1. The molecule has 1 aliphatic carbocycles. The van der Waals surface area contributed by atoms with Crippen LogP contribution in [0.1, 0.15) is 51.9 Å². The molecule has 0 aromatic heterocycles. The van der Waals surface area contributed by atoms with Crippen molar-refractivity contribution in [1.82, 2.24) is 14.9 Å². The molecule has 0 aromatic carbocycles. The molecule has 1 N–H and O–H groups in total. The van der Waals surface area contributed by atoms with Gasteiger partial charge >= 0.3 is 0 Å². The molecule has 2 amide bonds. The van der Waals surface area contributed by atoms with E-state index in [4.69, 9.17) is 0 Å². The molecule has 4 aliphatic rings. The first-order valence-electron chi connectivity index (χ1n) is 11.3. The number of likely N-dealkylation sites (N-methyl/N-ethyl adjacent to an activating group) is 1. The molecular weight excluding hydrogens is 366 g/mol. The monoisotopic (exact) mass is 401 g/mol. The molecule has 3 fully saturated rings. The molecule has 0 radical (unpaired) electrons. The molecule has 4 rings (SSSR count). The number of carbonyl (C=O) groups is 2. The van der Waals surface area contributed by atoms with Crippen LogP contribution >= 0.6 is 0 Å². The third kappa shape index (κ3) is 3.71. The fourth-order valence-electron chi connectivity index (χ4n) is 5.77. The third-order valence-corrected chi connectivity index (χ3v) is 7.61. The molecule has 4 unspecified atom stereocenters. The normalized spacial score (nSPS) is 37.6. The fourth-order valence-corrected chi connectivity index (χ4v) is 5.77. The topological polar surface area (TPSA) is 64.1 Å². The second kappa shape index (κ2) is 8.32. The summed E-state index contributed by atoms with van der Waals surface area (Å²) in [7, 11) is 1.58. The lowest BCUT2D eigenvalue weighted by Gasteiger charge is -2.49. The van der Waals surface area contributed by atoms with Gasteiger partial charge in [-0.05, 0) is 57.3 Å². The molecule has 3 heterocycles. The summed E-state index contributed by atoms with van der Waals surface area (Å²) in [5, 5.41) is 15.7. The molecule has 29 heavy (non-hydrogen) atoms. The van der Waals surface area contributed by atoms with E-state index in [-0.39, 0.29) is 23.8 Å². The van der Waals surface area contributed by atoms with Crippen LogP contribution in [0.2, 0.25) is 0 Å². The minimum atomic E-state index is -0.533. The quantitative estimate of drug-likeness (QED) is 0.579. The zero-order valence-corrected chi connectivity index (χ0v) is 17.8. The van der Waals surface area contributed by atoms with Gasteiger partial charge in [-0.2, -0.15) is 0 Å². The maximum Gasteiger partial charge on any atom is 0.248 e. The number of allylic oxidation sites excluding steroid dienone is 1. The molecule has 2 saturated heterocycles. The summed E-state index contributed by atoms with van der Waals surface area (Å²) in [5.74, 6) is 0.0722.